The van der Waals surface area contributed by atoms with Crippen molar-refractivity contribution in [3.63, 3.8) is 0 Å². The SMILES string of the molecule is COc1cccc(NC(C)CC2CC2)c1[N+](=O)[O-]. The van der Waals surface area contributed by atoms with Gasteiger partial charge in [-0.1, -0.05) is 18.9 Å². The van der Waals surface area contributed by atoms with E-state index in [0.29, 0.717) is 11.4 Å². The highest BCUT2D eigenvalue weighted by atomic mass is 16.6. The smallest absolute Gasteiger partial charge is 0.333 e. The van der Waals surface area contributed by atoms with Crippen LogP contribution in [0.25, 0.3) is 0 Å². The second kappa shape index (κ2) is 5.25. The van der Waals surface area contributed by atoms with Crippen molar-refractivity contribution in [3.05, 3.63) is 28.3 Å². The lowest BCUT2D eigenvalue weighted by Crippen LogP contribution is -2.16. The Hall–Kier alpha value is -1.78. The maximum absolute atomic E-state index is 11.1. The third-order valence-electron chi connectivity index (χ3n) is 3.19. The Kier molecular flexibility index (Phi) is 3.69. The lowest BCUT2D eigenvalue weighted by atomic mass is 10.1. The fourth-order valence-electron chi connectivity index (χ4n) is 2.17. The second-order valence-electron chi connectivity index (χ2n) is 4.84. The Balaban J connectivity index is 2.17. The number of anilines is 1. The Morgan fingerprint density at radius 3 is 2.83 bits per heavy atom. The molecule has 0 spiro atoms. The molecule has 0 heterocycles. The summed E-state index contributed by atoms with van der Waals surface area (Å²) in [7, 11) is 1.44. The van der Waals surface area contributed by atoms with Crippen LogP contribution in [0.4, 0.5) is 11.4 Å². The van der Waals surface area contributed by atoms with E-state index in [-0.39, 0.29) is 11.7 Å². The summed E-state index contributed by atoms with van der Waals surface area (Å²) in [4.78, 5) is 10.7. The molecule has 0 aliphatic heterocycles. The van der Waals surface area contributed by atoms with E-state index < -0.39 is 4.92 Å². The standard InChI is InChI=1S/C13H18N2O3/c1-9(8-10-6-7-10)14-11-4-3-5-12(18-2)13(11)15(16)17/h3-5,9-10,14H,6-8H2,1-2H3. The molecule has 1 aliphatic carbocycles. The Morgan fingerprint density at radius 2 is 2.28 bits per heavy atom. The van der Waals surface area contributed by atoms with E-state index >= 15 is 0 Å². The summed E-state index contributed by atoms with van der Waals surface area (Å²) >= 11 is 0. The predicted octanol–water partition coefficient (Wildman–Crippen LogP) is 3.20. The van der Waals surface area contributed by atoms with E-state index in [2.05, 4.69) is 12.2 Å². The van der Waals surface area contributed by atoms with Crippen LogP contribution in [0.1, 0.15) is 26.2 Å². The van der Waals surface area contributed by atoms with Gasteiger partial charge in [0.25, 0.3) is 0 Å². The number of para-hydroxylation sites is 1. The Bertz CT molecular complexity index is 444. The van der Waals surface area contributed by atoms with Crippen molar-refractivity contribution in [1.29, 1.82) is 0 Å². The molecular formula is C13H18N2O3. The van der Waals surface area contributed by atoms with Gasteiger partial charge in [0.1, 0.15) is 5.69 Å². The summed E-state index contributed by atoms with van der Waals surface area (Å²) in [6.45, 7) is 2.06. The third-order valence-corrected chi connectivity index (χ3v) is 3.19. The summed E-state index contributed by atoms with van der Waals surface area (Å²) in [5.41, 5.74) is 0.551. The molecule has 5 nitrogen and oxygen atoms in total. The van der Waals surface area contributed by atoms with Crippen LogP contribution >= 0.6 is 0 Å². The van der Waals surface area contributed by atoms with Gasteiger partial charge in [-0.3, -0.25) is 10.1 Å². The van der Waals surface area contributed by atoms with Crippen molar-refractivity contribution in [2.24, 2.45) is 5.92 Å². The van der Waals surface area contributed by atoms with Crippen LogP contribution in [-0.2, 0) is 0 Å². The van der Waals surface area contributed by atoms with Crippen LogP contribution in [0.2, 0.25) is 0 Å². The molecule has 0 saturated heterocycles. The molecule has 98 valence electrons. The zero-order valence-electron chi connectivity index (χ0n) is 10.7. The van der Waals surface area contributed by atoms with Crippen LogP contribution < -0.4 is 10.1 Å². The summed E-state index contributed by atoms with van der Waals surface area (Å²) in [5, 5.41) is 14.3. The van der Waals surface area contributed by atoms with Crippen LogP contribution in [-0.4, -0.2) is 18.1 Å². The second-order valence-corrected chi connectivity index (χ2v) is 4.84. The fraction of sp³-hybridized carbons (Fsp3) is 0.538. The first-order valence-electron chi connectivity index (χ1n) is 6.19. The van der Waals surface area contributed by atoms with Gasteiger partial charge in [0.2, 0.25) is 0 Å². The van der Waals surface area contributed by atoms with Gasteiger partial charge in [0, 0.05) is 6.04 Å². The molecule has 1 aromatic rings. The average Bonchev–Trinajstić information content (AvgIpc) is 3.11. The maximum atomic E-state index is 11.1. The number of methoxy groups -OCH3 is 1. The first kappa shape index (κ1) is 12.7. The highest BCUT2D eigenvalue weighted by Crippen LogP contribution is 2.37. The summed E-state index contributed by atoms with van der Waals surface area (Å²) in [5.74, 6) is 1.08. The number of nitrogens with one attached hydrogen (secondary N) is 1. The minimum absolute atomic E-state index is 0.0163. The molecule has 0 amide bonds. The molecule has 2 rings (SSSR count). The molecule has 18 heavy (non-hydrogen) atoms. The largest absolute Gasteiger partial charge is 0.490 e. The van der Waals surface area contributed by atoms with Crippen LogP contribution in [0, 0.1) is 16.0 Å². The van der Waals surface area contributed by atoms with E-state index in [0.717, 1.165) is 12.3 Å². The van der Waals surface area contributed by atoms with E-state index in [1.165, 1.54) is 20.0 Å². The van der Waals surface area contributed by atoms with Crippen molar-refractivity contribution in [1.82, 2.24) is 0 Å². The monoisotopic (exact) mass is 250 g/mol. The average molecular weight is 250 g/mol. The number of rotatable bonds is 6. The highest BCUT2D eigenvalue weighted by molar-refractivity contribution is 5.68. The predicted molar refractivity (Wildman–Crippen MR) is 70.1 cm³/mol. The zero-order valence-corrected chi connectivity index (χ0v) is 10.7. The zero-order chi connectivity index (χ0) is 13.1. The molecule has 1 aliphatic rings. The van der Waals surface area contributed by atoms with Crippen molar-refractivity contribution < 1.29 is 9.66 Å². The molecule has 1 aromatic carbocycles. The quantitative estimate of drug-likeness (QED) is 0.622. The number of nitrogens with zero attached hydrogens (tertiary/aromatic N) is 1. The molecular weight excluding hydrogens is 232 g/mol. The molecule has 1 fully saturated rings. The lowest BCUT2D eigenvalue weighted by Gasteiger charge is -2.15. The minimum atomic E-state index is -0.398. The Labute approximate surface area is 106 Å². The van der Waals surface area contributed by atoms with Crippen molar-refractivity contribution in [3.8, 4) is 5.75 Å². The number of ether oxygens (including phenoxy) is 1. The number of nitro groups is 1. The Morgan fingerprint density at radius 1 is 1.56 bits per heavy atom. The van der Waals surface area contributed by atoms with E-state index in [1.807, 2.05) is 0 Å². The molecule has 1 atom stereocenters. The first-order valence-corrected chi connectivity index (χ1v) is 6.19. The number of hydrogen-bond acceptors (Lipinski definition) is 4. The van der Waals surface area contributed by atoms with Crippen LogP contribution in [0.3, 0.4) is 0 Å². The number of nitro benzene ring substituents is 1. The highest BCUT2D eigenvalue weighted by Gasteiger charge is 2.26. The van der Waals surface area contributed by atoms with Gasteiger partial charge in [0.15, 0.2) is 5.75 Å². The fourth-order valence-corrected chi connectivity index (χ4v) is 2.17. The van der Waals surface area contributed by atoms with Gasteiger partial charge in [-0.05, 0) is 31.4 Å². The first-order chi connectivity index (χ1) is 8.61. The summed E-state index contributed by atoms with van der Waals surface area (Å²) in [6.07, 6.45) is 3.63. The number of benzene rings is 1. The lowest BCUT2D eigenvalue weighted by molar-refractivity contribution is -0.384. The molecule has 1 N–H and O–H groups in total. The van der Waals surface area contributed by atoms with Gasteiger partial charge < -0.3 is 10.1 Å². The van der Waals surface area contributed by atoms with Gasteiger partial charge in [-0.15, -0.1) is 0 Å². The topological polar surface area (TPSA) is 64.4 Å². The van der Waals surface area contributed by atoms with Gasteiger partial charge in [0.05, 0.1) is 12.0 Å². The minimum Gasteiger partial charge on any atom is -0.490 e. The summed E-state index contributed by atoms with van der Waals surface area (Å²) in [6, 6.07) is 5.33. The van der Waals surface area contributed by atoms with E-state index in [4.69, 9.17) is 4.74 Å². The normalized spacial score (nSPS) is 16.1. The van der Waals surface area contributed by atoms with Crippen LogP contribution in [0.5, 0.6) is 5.75 Å². The maximum Gasteiger partial charge on any atom is 0.333 e. The van der Waals surface area contributed by atoms with Gasteiger partial charge in [-0.25, -0.2) is 0 Å². The van der Waals surface area contributed by atoms with Crippen molar-refractivity contribution in [2.45, 2.75) is 32.2 Å². The molecule has 5 heteroatoms. The molecule has 1 unspecified atom stereocenters. The molecule has 0 bridgehead atoms. The van der Waals surface area contributed by atoms with E-state index in [9.17, 15) is 10.1 Å². The molecule has 0 radical (unpaired) electrons. The molecule has 1 saturated carbocycles. The van der Waals surface area contributed by atoms with Crippen LogP contribution in [0.15, 0.2) is 18.2 Å². The van der Waals surface area contributed by atoms with Crippen molar-refractivity contribution >= 4 is 11.4 Å². The van der Waals surface area contributed by atoms with Gasteiger partial charge >= 0.3 is 5.69 Å². The third kappa shape index (κ3) is 2.91. The van der Waals surface area contributed by atoms with Crippen molar-refractivity contribution in [2.75, 3.05) is 12.4 Å². The summed E-state index contributed by atoms with van der Waals surface area (Å²) < 4.78 is 5.04. The number of hydrogen-bond donors (Lipinski definition) is 1. The van der Waals surface area contributed by atoms with E-state index in [1.54, 1.807) is 18.2 Å². The van der Waals surface area contributed by atoms with Gasteiger partial charge in [-0.2, -0.15) is 0 Å². The molecule has 0 aromatic heterocycles.